The average Bonchev–Trinajstić information content (AvgIpc) is 4.03. The first-order valence-electron chi connectivity index (χ1n) is 23.3. The van der Waals surface area contributed by atoms with Gasteiger partial charge in [-0.15, -0.1) is 0 Å². The van der Waals surface area contributed by atoms with E-state index in [2.05, 4.69) is 42.2 Å². The number of primary amides is 1. The number of amides is 8. The van der Waals surface area contributed by atoms with E-state index in [-0.39, 0.29) is 63.0 Å². The molecule has 0 aliphatic carbocycles. The number of benzene rings is 2. The van der Waals surface area contributed by atoms with Crippen molar-refractivity contribution >= 4 is 59.2 Å². The maximum Gasteiger partial charge on any atom is 0.326 e. The zero-order valence-electron chi connectivity index (χ0n) is 39.4. The Morgan fingerprint density at radius 3 is 1.72 bits per heavy atom. The summed E-state index contributed by atoms with van der Waals surface area (Å²) in [5, 5.41) is 28.7. The second-order valence-electron chi connectivity index (χ2n) is 17.8. The summed E-state index contributed by atoms with van der Waals surface area (Å²) in [6.07, 6.45) is 1.84. The molecule has 2 saturated heterocycles. The summed E-state index contributed by atoms with van der Waals surface area (Å²) in [6.45, 7) is 6.00. The van der Waals surface area contributed by atoms with Crippen LogP contribution in [0.3, 0.4) is 0 Å². The second-order valence-corrected chi connectivity index (χ2v) is 17.8. The molecule has 14 N–H and O–H groups in total. The Balaban J connectivity index is 1.55. The number of carboxylic acid groups (broad SMARTS) is 1. The van der Waals surface area contributed by atoms with Gasteiger partial charge in [-0.2, -0.15) is 0 Å². The van der Waals surface area contributed by atoms with Crippen molar-refractivity contribution in [2.45, 2.75) is 133 Å². The number of nitrogens with one attached hydrogen (secondary N) is 7. The van der Waals surface area contributed by atoms with E-state index in [0.29, 0.717) is 36.9 Å². The van der Waals surface area contributed by atoms with Crippen LogP contribution in [0.2, 0.25) is 0 Å². The van der Waals surface area contributed by atoms with Gasteiger partial charge in [0.1, 0.15) is 42.3 Å². The zero-order chi connectivity index (χ0) is 50.6. The van der Waals surface area contributed by atoms with E-state index < -0.39 is 102 Å². The van der Waals surface area contributed by atoms with Gasteiger partial charge in [0.05, 0.1) is 12.5 Å². The molecule has 2 aromatic carbocycles. The van der Waals surface area contributed by atoms with E-state index >= 15 is 0 Å². The quantitative estimate of drug-likeness (QED) is 0.0282. The first-order valence-corrected chi connectivity index (χ1v) is 23.3. The fourth-order valence-corrected chi connectivity index (χ4v) is 8.16. The summed E-state index contributed by atoms with van der Waals surface area (Å²) in [6, 6.07) is 7.96. The van der Waals surface area contributed by atoms with Crippen molar-refractivity contribution in [3.8, 4) is 0 Å². The molecule has 376 valence electrons. The molecule has 0 saturated carbocycles. The number of hydrogen-bond acceptors (Lipinski definition) is 11. The minimum absolute atomic E-state index is 0.0363. The van der Waals surface area contributed by atoms with Gasteiger partial charge in [0.15, 0.2) is 5.96 Å². The Bertz CT molecular complexity index is 2130. The maximum atomic E-state index is 14.4. The van der Waals surface area contributed by atoms with E-state index in [4.69, 9.17) is 17.2 Å². The minimum atomic E-state index is -1.65. The molecule has 0 radical (unpaired) electrons. The third kappa shape index (κ3) is 17.8. The van der Waals surface area contributed by atoms with Crippen LogP contribution in [0.15, 0.2) is 65.7 Å². The highest BCUT2D eigenvalue weighted by molar-refractivity contribution is 5.99. The van der Waals surface area contributed by atoms with Gasteiger partial charge in [0.25, 0.3) is 0 Å². The first kappa shape index (κ1) is 54.5. The van der Waals surface area contributed by atoms with Crippen LogP contribution < -0.4 is 54.4 Å². The van der Waals surface area contributed by atoms with Gasteiger partial charge in [0, 0.05) is 25.9 Å². The van der Waals surface area contributed by atoms with E-state index in [1.165, 1.54) is 11.8 Å². The molecule has 2 aliphatic heterocycles. The number of carboxylic acids is 1. The minimum Gasteiger partial charge on any atom is -0.480 e. The smallest absolute Gasteiger partial charge is 0.326 e. The maximum absolute atomic E-state index is 14.4. The standard InChI is InChI=1S/C47H68N12O10/c1-27(2)23-36(45(67)59-22-12-19-37(59)46(68)69)58-39(61)28(3)53-42(64)35(26-38(48)60)57-44(66)34(25-30-15-8-5-9-16-30)56-43(65)33(24-29-13-6-4-7-14-29)55-41(63)32(18-11-21-52-47(49)50)54-40(62)31-17-10-20-51-31/h4-9,13-16,27-28,31-37,51H,10-12,17-26H2,1-3H3,(H2,48,60)(H,53,64)(H,54,62)(H,55,63)(H,56,65)(H,57,66)(H,58,61)(H,68,69)(H4,49,50,52)/t28-,31-,32-,33-,34-,35-,36-,37+/m0/s1. The Labute approximate surface area is 401 Å². The lowest BCUT2D eigenvalue weighted by Gasteiger charge is -2.29. The predicted octanol–water partition coefficient (Wildman–Crippen LogP) is -1.80. The first-order chi connectivity index (χ1) is 32.8. The van der Waals surface area contributed by atoms with Crippen LogP contribution in [-0.2, 0) is 56.0 Å². The van der Waals surface area contributed by atoms with Crippen molar-refractivity contribution in [2.75, 3.05) is 19.6 Å². The van der Waals surface area contributed by atoms with Gasteiger partial charge >= 0.3 is 5.97 Å². The number of likely N-dealkylation sites (tertiary alicyclic amines) is 1. The molecule has 0 aromatic heterocycles. The Morgan fingerprint density at radius 1 is 0.681 bits per heavy atom. The van der Waals surface area contributed by atoms with Gasteiger partial charge in [-0.1, -0.05) is 74.5 Å². The van der Waals surface area contributed by atoms with Crippen molar-refractivity contribution in [3.05, 3.63) is 71.8 Å². The third-order valence-corrected chi connectivity index (χ3v) is 11.7. The number of carbonyl (C=O) groups excluding carboxylic acids is 8. The van der Waals surface area contributed by atoms with Gasteiger partial charge < -0.3 is 64.4 Å². The summed E-state index contributed by atoms with van der Waals surface area (Å²) in [5.74, 6) is -7.47. The fourth-order valence-electron chi connectivity index (χ4n) is 8.16. The lowest BCUT2D eigenvalue weighted by atomic mass is 10.0. The lowest BCUT2D eigenvalue weighted by molar-refractivity contribution is -0.149. The van der Waals surface area contributed by atoms with E-state index in [1.807, 2.05) is 13.8 Å². The van der Waals surface area contributed by atoms with Crippen molar-refractivity contribution < 1.29 is 48.3 Å². The number of carbonyl (C=O) groups is 9. The average molecular weight is 961 g/mol. The van der Waals surface area contributed by atoms with E-state index in [1.54, 1.807) is 60.7 Å². The molecule has 8 atom stereocenters. The molecule has 4 rings (SSSR count). The van der Waals surface area contributed by atoms with Gasteiger partial charge in [-0.25, -0.2) is 4.79 Å². The molecule has 2 fully saturated rings. The molecular weight excluding hydrogens is 893 g/mol. The molecule has 0 bridgehead atoms. The number of rotatable bonds is 26. The molecule has 22 heteroatoms. The molecule has 0 unspecified atom stereocenters. The monoisotopic (exact) mass is 961 g/mol. The van der Waals surface area contributed by atoms with Crippen molar-refractivity contribution in [2.24, 2.45) is 28.1 Å². The Kier molecular flexibility index (Phi) is 21.4. The van der Waals surface area contributed by atoms with E-state index in [0.717, 1.165) is 6.42 Å². The number of guanidine groups is 1. The van der Waals surface area contributed by atoms with Crippen molar-refractivity contribution in [3.63, 3.8) is 0 Å². The molecule has 2 aromatic rings. The largest absolute Gasteiger partial charge is 0.480 e. The molecule has 69 heavy (non-hydrogen) atoms. The predicted molar refractivity (Wildman–Crippen MR) is 254 cm³/mol. The molecule has 2 aliphatic rings. The second kappa shape index (κ2) is 27.0. The highest BCUT2D eigenvalue weighted by Gasteiger charge is 2.39. The van der Waals surface area contributed by atoms with Crippen LogP contribution in [0.4, 0.5) is 0 Å². The van der Waals surface area contributed by atoms with Crippen LogP contribution in [-0.4, -0.2) is 137 Å². The molecular formula is C47H68N12O10. The normalized spacial score (nSPS) is 18.0. The summed E-state index contributed by atoms with van der Waals surface area (Å²) in [7, 11) is 0. The van der Waals surface area contributed by atoms with Gasteiger partial charge in [-0.3, -0.25) is 43.3 Å². The summed E-state index contributed by atoms with van der Waals surface area (Å²) in [5.41, 5.74) is 17.8. The Morgan fingerprint density at radius 2 is 1.22 bits per heavy atom. The molecule has 8 amide bonds. The SMILES string of the molecule is CC(C)C[C@H](NC(=O)[C@H](C)NC(=O)[C@H](CC(N)=O)NC(=O)[C@H](Cc1ccccc1)NC(=O)[C@H](Cc1ccccc1)NC(=O)[C@H](CCCN=C(N)N)NC(=O)[C@@H]1CCCN1)C(=O)N1CCC[C@@H]1C(=O)O. The zero-order valence-corrected chi connectivity index (χ0v) is 39.4. The number of hydrogen-bond donors (Lipinski definition) is 11. The molecule has 2 heterocycles. The van der Waals surface area contributed by atoms with E-state index in [9.17, 15) is 48.3 Å². The van der Waals surface area contributed by atoms with Crippen LogP contribution in [0.5, 0.6) is 0 Å². The summed E-state index contributed by atoms with van der Waals surface area (Å²) >= 11 is 0. The summed E-state index contributed by atoms with van der Waals surface area (Å²) < 4.78 is 0. The number of aliphatic carboxylic acids is 1. The van der Waals surface area contributed by atoms with Crippen LogP contribution in [0.1, 0.15) is 83.3 Å². The van der Waals surface area contributed by atoms with Crippen LogP contribution >= 0.6 is 0 Å². The number of aliphatic imine (C=N–C) groups is 1. The Hall–Kier alpha value is -7.10. The van der Waals surface area contributed by atoms with Gasteiger partial charge in [-0.05, 0) is 75.5 Å². The highest BCUT2D eigenvalue weighted by atomic mass is 16.4. The van der Waals surface area contributed by atoms with Crippen LogP contribution in [0, 0.1) is 5.92 Å². The number of nitrogens with zero attached hydrogens (tertiary/aromatic N) is 2. The number of nitrogens with two attached hydrogens (primary N) is 3. The van der Waals surface area contributed by atoms with Crippen molar-refractivity contribution in [1.82, 2.24) is 42.1 Å². The van der Waals surface area contributed by atoms with Crippen molar-refractivity contribution in [1.29, 1.82) is 0 Å². The summed E-state index contributed by atoms with van der Waals surface area (Å²) in [4.78, 5) is 126. The molecule has 22 nitrogen and oxygen atoms in total. The van der Waals surface area contributed by atoms with Gasteiger partial charge in [0.2, 0.25) is 47.3 Å². The third-order valence-electron chi connectivity index (χ3n) is 11.7. The fraction of sp³-hybridized carbons (Fsp3) is 0.532. The lowest BCUT2D eigenvalue weighted by Crippen LogP contribution is -2.60. The molecule has 0 spiro atoms. The highest BCUT2D eigenvalue weighted by Crippen LogP contribution is 2.21. The topological polar surface area (TPSA) is 352 Å². The van der Waals surface area contributed by atoms with Crippen LogP contribution in [0.25, 0.3) is 0 Å².